The van der Waals surface area contributed by atoms with E-state index in [1.54, 1.807) is 0 Å². The van der Waals surface area contributed by atoms with E-state index in [0.717, 1.165) is 44.9 Å². The van der Waals surface area contributed by atoms with Crippen LogP contribution in [0.25, 0.3) is 0 Å². The van der Waals surface area contributed by atoms with Gasteiger partial charge in [0.1, 0.15) is 13.2 Å². The van der Waals surface area contributed by atoms with Crippen LogP contribution in [0.15, 0.2) is 24.3 Å². The van der Waals surface area contributed by atoms with Crippen molar-refractivity contribution < 1.29 is 42.9 Å². The summed E-state index contributed by atoms with van der Waals surface area (Å²) in [5.74, 6) is -1.97. The van der Waals surface area contributed by atoms with Crippen molar-refractivity contribution in [2.45, 2.75) is 379 Å². The summed E-state index contributed by atoms with van der Waals surface area (Å²) in [6.45, 7) is 4.95. The van der Waals surface area contributed by atoms with Gasteiger partial charge in [0.05, 0.1) is 34.4 Å². The quantitative estimate of drug-likeness (QED) is 0.0211. The Kier molecular flexibility index (Phi) is 63.0. The van der Waals surface area contributed by atoms with E-state index in [0.29, 0.717) is 17.4 Å². The van der Waals surface area contributed by atoms with Gasteiger partial charge in [-0.25, -0.2) is 4.79 Å². The van der Waals surface area contributed by atoms with E-state index in [-0.39, 0.29) is 38.2 Å². The van der Waals surface area contributed by atoms with Gasteiger partial charge in [0.2, 0.25) is 0 Å². The van der Waals surface area contributed by atoms with Gasteiger partial charge in [0.25, 0.3) is 6.29 Å². The standard InChI is InChI=1S/C73H139NO8/c1-6-8-10-12-14-16-18-20-22-24-26-28-30-32-34-35-36-37-38-40-42-44-46-48-50-52-54-56-58-60-62-64-71(76)82-69(68-81-73(72(77)78)79-66-65-74(3,4)5)67-80-70(75)63-61-59-57-55-53-51-49-47-45-43-41-39-33-31-29-27-25-23-21-19-17-15-13-11-9-7-2/h18,20,24,26,69,73H,6-17,19,21-23,25,27-68H2,1-5H3/p+1/b20-18-,26-24-. The van der Waals surface area contributed by atoms with Crippen molar-refractivity contribution in [1.82, 2.24) is 0 Å². The molecule has 0 heterocycles. The molecule has 0 aromatic heterocycles. The Labute approximate surface area is 509 Å². The predicted octanol–water partition coefficient (Wildman–Crippen LogP) is 22.2. The van der Waals surface area contributed by atoms with Crippen molar-refractivity contribution in [2.75, 3.05) is 47.5 Å². The van der Waals surface area contributed by atoms with Crippen LogP contribution in [-0.2, 0) is 33.3 Å². The Morgan fingerprint density at radius 1 is 0.366 bits per heavy atom. The summed E-state index contributed by atoms with van der Waals surface area (Å²) in [7, 11) is 5.99. The van der Waals surface area contributed by atoms with E-state index >= 15 is 0 Å². The van der Waals surface area contributed by atoms with Gasteiger partial charge in [-0.05, 0) is 44.9 Å². The zero-order valence-corrected chi connectivity index (χ0v) is 55.4. The number of unbranched alkanes of at least 4 members (excludes halogenated alkanes) is 49. The van der Waals surface area contributed by atoms with E-state index in [2.05, 4.69) is 38.2 Å². The van der Waals surface area contributed by atoms with E-state index in [1.807, 2.05) is 21.1 Å². The highest BCUT2D eigenvalue weighted by atomic mass is 16.7. The number of nitrogens with zero attached hydrogens (tertiary/aromatic N) is 1. The van der Waals surface area contributed by atoms with Gasteiger partial charge < -0.3 is 28.5 Å². The maximum absolute atomic E-state index is 12.9. The Hall–Kier alpha value is -2.23. The third kappa shape index (κ3) is 65.3. The van der Waals surface area contributed by atoms with Crippen molar-refractivity contribution in [2.24, 2.45) is 0 Å². The molecule has 0 aliphatic rings. The third-order valence-corrected chi connectivity index (χ3v) is 16.5. The molecule has 0 aliphatic carbocycles. The Morgan fingerprint density at radius 2 is 0.659 bits per heavy atom. The lowest BCUT2D eigenvalue weighted by Crippen LogP contribution is -2.40. The van der Waals surface area contributed by atoms with Crippen LogP contribution in [0.2, 0.25) is 0 Å². The molecule has 0 aromatic rings. The largest absolute Gasteiger partial charge is 0.477 e. The summed E-state index contributed by atoms with van der Waals surface area (Å²) in [4.78, 5) is 37.6. The van der Waals surface area contributed by atoms with Gasteiger partial charge in [0, 0.05) is 12.8 Å². The average Bonchev–Trinajstić information content (AvgIpc) is 3.45. The highest BCUT2D eigenvalue weighted by Gasteiger charge is 2.25. The predicted molar refractivity (Wildman–Crippen MR) is 351 cm³/mol. The topological polar surface area (TPSA) is 108 Å². The minimum atomic E-state index is -1.51. The Bertz CT molecular complexity index is 1390. The van der Waals surface area contributed by atoms with Crippen LogP contribution in [0.5, 0.6) is 0 Å². The highest BCUT2D eigenvalue weighted by molar-refractivity contribution is 5.71. The first-order valence-electron chi connectivity index (χ1n) is 36.0. The molecule has 82 heavy (non-hydrogen) atoms. The molecular formula is C73H140NO8+. The lowest BCUT2D eigenvalue weighted by Gasteiger charge is -2.25. The number of hydrogen-bond donors (Lipinski definition) is 1. The second kappa shape index (κ2) is 64.8. The van der Waals surface area contributed by atoms with Gasteiger partial charge in [-0.2, -0.15) is 0 Å². The molecule has 0 saturated carbocycles. The fourth-order valence-corrected chi connectivity index (χ4v) is 10.9. The zero-order valence-electron chi connectivity index (χ0n) is 55.4. The van der Waals surface area contributed by atoms with Gasteiger partial charge in [-0.1, -0.05) is 334 Å². The average molecular weight is 1160 g/mol. The van der Waals surface area contributed by atoms with E-state index in [9.17, 15) is 19.5 Å². The first-order valence-corrected chi connectivity index (χ1v) is 36.0. The number of esters is 2. The number of hydrogen-bond acceptors (Lipinski definition) is 7. The second-order valence-electron chi connectivity index (χ2n) is 25.9. The molecule has 0 amide bonds. The molecule has 0 radical (unpaired) electrons. The number of quaternary nitrogens is 1. The molecule has 0 aliphatic heterocycles. The van der Waals surface area contributed by atoms with Crippen molar-refractivity contribution in [3.8, 4) is 0 Å². The lowest BCUT2D eigenvalue weighted by molar-refractivity contribution is -0.870. The van der Waals surface area contributed by atoms with Crippen molar-refractivity contribution in [3.63, 3.8) is 0 Å². The van der Waals surface area contributed by atoms with Gasteiger partial charge in [-0.3, -0.25) is 9.59 Å². The number of allylic oxidation sites excluding steroid dienone is 4. The number of likely N-dealkylation sites (N-methyl/N-ethyl adjacent to an activating group) is 1. The zero-order chi connectivity index (χ0) is 59.8. The fraction of sp³-hybridized carbons (Fsp3) is 0.904. The van der Waals surface area contributed by atoms with E-state index in [1.165, 1.54) is 295 Å². The second-order valence-corrected chi connectivity index (χ2v) is 25.9. The van der Waals surface area contributed by atoms with Gasteiger partial charge >= 0.3 is 17.9 Å². The number of aliphatic carboxylic acids is 1. The smallest absolute Gasteiger partial charge is 0.361 e. The maximum Gasteiger partial charge on any atom is 0.361 e. The molecule has 484 valence electrons. The summed E-state index contributed by atoms with van der Waals surface area (Å²) < 4.78 is 23.0. The molecule has 0 fully saturated rings. The van der Waals surface area contributed by atoms with Crippen LogP contribution in [0.1, 0.15) is 367 Å². The maximum atomic E-state index is 12.9. The molecule has 9 heteroatoms. The molecule has 0 rings (SSSR count). The van der Waals surface area contributed by atoms with Crippen molar-refractivity contribution in [3.05, 3.63) is 24.3 Å². The van der Waals surface area contributed by atoms with Crippen LogP contribution in [0, 0.1) is 0 Å². The molecule has 1 N–H and O–H groups in total. The van der Waals surface area contributed by atoms with Crippen molar-refractivity contribution in [1.29, 1.82) is 0 Å². The summed E-state index contributed by atoms with van der Waals surface area (Å²) in [5.41, 5.74) is 0. The van der Waals surface area contributed by atoms with Crippen LogP contribution in [-0.4, -0.2) is 87.4 Å². The third-order valence-electron chi connectivity index (χ3n) is 16.5. The molecule has 2 atom stereocenters. The SMILES string of the molecule is CCCCCCC/C=C\C/C=C\CCCCCCCCCCCCCCCCCCCCCC(=O)OC(COC(=O)CCCCCCCCCCCCCCCCCCCCCCCCCCCC)COC(OCC[N+](C)(C)C)C(=O)O. The van der Waals surface area contributed by atoms with Crippen LogP contribution in [0.3, 0.4) is 0 Å². The number of carboxylic acid groups (broad SMARTS) is 1. The number of carbonyl (C=O) groups is 3. The molecule has 0 spiro atoms. The number of rotatable bonds is 68. The van der Waals surface area contributed by atoms with Gasteiger partial charge in [-0.15, -0.1) is 0 Å². The van der Waals surface area contributed by atoms with Crippen LogP contribution in [0.4, 0.5) is 0 Å². The molecular weight excluding hydrogens is 1020 g/mol. The van der Waals surface area contributed by atoms with Crippen LogP contribution >= 0.6 is 0 Å². The highest BCUT2D eigenvalue weighted by Crippen LogP contribution is 2.19. The molecule has 0 bridgehead atoms. The monoisotopic (exact) mass is 1160 g/mol. The normalized spacial score (nSPS) is 12.7. The Morgan fingerprint density at radius 3 is 0.963 bits per heavy atom. The number of carboxylic acids is 1. The van der Waals surface area contributed by atoms with Gasteiger partial charge in [0.15, 0.2) is 6.10 Å². The Balaban J connectivity index is 4.04. The van der Waals surface area contributed by atoms with Crippen LogP contribution < -0.4 is 0 Å². The van der Waals surface area contributed by atoms with E-state index < -0.39 is 18.4 Å². The summed E-state index contributed by atoms with van der Waals surface area (Å²) in [6.07, 6.45) is 77.3. The molecule has 9 nitrogen and oxygen atoms in total. The number of ether oxygens (including phenoxy) is 4. The minimum absolute atomic E-state index is 0.174. The number of carbonyl (C=O) groups excluding carboxylic acids is 2. The van der Waals surface area contributed by atoms with Crippen molar-refractivity contribution >= 4 is 17.9 Å². The lowest BCUT2D eigenvalue weighted by atomic mass is 10.0. The fourth-order valence-electron chi connectivity index (χ4n) is 10.9. The summed E-state index contributed by atoms with van der Waals surface area (Å²) >= 11 is 0. The van der Waals surface area contributed by atoms with E-state index in [4.69, 9.17) is 18.9 Å². The molecule has 2 unspecified atom stereocenters. The summed E-state index contributed by atoms with van der Waals surface area (Å²) in [6, 6.07) is 0. The molecule has 0 aromatic carbocycles. The summed E-state index contributed by atoms with van der Waals surface area (Å²) in [5, 5.41) is 9.75. The first-order chi connectivity index (χ1) is 40.1. The first kappa shape index (κ1) is 79.8. The molecule has 0 saturated heterocycles. The minimum Gasteiger partial charge on any atom is -0.477 e.